The van der Waals surface area contributed by atoms with Gasteiger partial charge in [0.15, 0.2) is 11.2 Å². The second-order valence-electron chi connectivity index (χ2n) is 7.12. The molecule has 0 radical (unpaired) electrons. The van der Waals surface area contributed by atoms with E-state index in [0.717, 1.165) is 35.2 Å². The minimum atomic E-state index is -0.616. The minimum absolute atomic E-state index is 0.0436. The van der Waals surface area contributed by atoms with Gasteiger partial charge in [-0.2, -0.15) is 0 Å². The van der Waals surface area contributed by atoms with Crippen LogP contribution in [0.15, 0.2) is 48.5 Å². The molecular formula is C22H24N2O3S. The molecule has 0 unspecified atom stereocenters. The highest BCUT2D eigenvalue weighted by Gasteiger charge is 2.30. The first-order valence-electron chi connectivity index (χ1n) is 9.62. The van der Waals surface area contributed by atoms with Gasteiger partial charge in [0.05, 0.1) is 22.9 Å². The molecule has 2 heterocycles. The first-order chi connectivity index (χ1) is 13.6. The summed E-state index contributed by atoms with van der Waals surface area (Å²) >= 11 is 1.53. The normalized spacial score (nSPS) is 17.6. The Balaban J connectivity index is 1.58. The molecule has 1 aliphatic rings. The zero-order valence-electron chi connectivity index (χ0n) is 16.1. The highest BCUT2D eigenvalue weighted by atomic mass is 32.1. The van der Waals surface area contributed by atoms with Crippen molar-refractivity contribution >= 4 is 32.6 Å². The van der Waals surface area contributed by atoms with Crippen molar-refractivity contribution in [2.75, 3.05) is 18.1 Å². The number of benzene rings is 2. The van der Waals surface area contributed by atoms with E-state index < -0.39 is 6.10 Å². The predicted molar refractivity (Wildman–Crippen MR) is 112 cm³/mol. The number of carbonyl (C=O) groups is 1. The van der Waals surface area contributed by atoms with Gasteiger partial charge >= 0.3 is 0 Å². The number of amides is 1. The van der Waals surface area contributed by atoms with Crippen molar-refractivity contribution in [2.45, 2.75) is 38.9 Å². The zero-order chi connectivity index (χ0) is 19.5. The van der Waals surface area contributed by atoms with E-state index in [9.17, 15) is 4.79 Å². The summed E-state index contributed by atoms with van der Waals surface area (Å²) in [5, 5.41) is 0.696. The van der Waals surface area contributed by atoms with Gasteiger partial charge in [-0.15, -0.1) is 0 Å². The molecular weight excluding hydrogens is 372 g/mol. The highest BCUT2D eigenvalue weighted by Crippen LogP contribution is 2.30. The lowest BCUT2D eigenvalue weighted by Gasteiger charge is -2.26. The number of aromatic nitrogens is 1. The molecule has 1 aromatic heterocycles. The van der Waals surface area contributed by atoms with Gasteiger partial charge in [0.2, 0.25) is 0 Å². The van der Waals surface area contributed by atoms with E-state index in [-0.39, 0.29) is 12.0 Å². The summed E-state index contributed by atoms with van der Waals surface area (Å²) in [6.45, 7) is 5.05. The van der Waals surface area contributed by atoms with Crippen LogP contribution in [-0.2, 0) is 9.53 Å². The van der Waals surface area contributed by atoms with Crippen molar-refractivity contribution in [2.24, 2.45) is 0 Å². The van der Waals surface area contributed by atoms with Crippen molar-refractivity contribution in [3.63, 3.8) is 0 Å². The summed E-state index contributed by atoms with van der Waals surface area (Å²) in [7, 11) is 0. The number of fused-ring (bicyclic) bond motifs is 1. The van der Waals surface area contributed by atoms with Gasteiger partial charge in [0.1, 0.15) is 5.75 Å². The standard InChI is InChI=1S/C22H24N2O3S/c1-15-7-5-8-17(13-15)27-16(2)21(25)24(14-18-9-6-12-26-18)22-23-19-10-3-4-11-20(19)28-22/h3-5,7-8,10-11,13,16,18H,6,9,12,14H2,1-2H3/t16-,18+/m1/s1. The lowest BCUT2D eigenvalue weighted by atomic mass is 10.2. The number of carbonyl (C=O) groups excluding carboxylic acids is 1. The Morgan fingerprint density at radius 1 is 1.32 bits per heavy atom. The Morgan fingerprint density at radius 3 is 2.93 bits per heavy atom. The van der Waals surface area contributed by atoms with Crippen LogP contribution in [0.4, 0.5) is 5.13 Å². The third-order valence-electron chi connectivity index (χ3n) is 4.84. The van der Waals surface area contributed by atoms with Crippen LogP contribution in [0, 0.1) is 6.92 Å². The molecule has 0 N–H and O–H groups in total. The van der Waals surface area contributed by atoms with Gasteiger partial charge < -0.3 is 9.47 Å². The summed E-state index contributed by atoms with van der Waals surface area (Å²) in [4.78, 5) is 19.7. The molecule has 1 saturated heterocycles. The van der Waals surface area contributed by atoms with E-state index in [1.807, 2.05) is 55.5 Å². The first kappa shape index (κ1) is 18.9. The molecule has 3 aromatic rings. The van der Waals surface area contributed by atoms with Gasteiger partial charge in [-0.1, -0.05) is 35.6 Å². The molecule has 1 amide bonds. The maximum atomic E-state index is 13.3. The van der Waals surface area contributed by atoms with Crippen LogP contribution in [0.5, 0.6) is 5.75 Å². The predicted octanol–water partition coefficient (Wildman–Crippen LogP) is 4.58. The number of anilines is 1. The van der Waals surface area contributed by atoms with Crippen LogP contribution >= 0.6 is 11.3 Å². The molecule has 1 fully saturated rings. The van der Waals surface area contributed by atoms with Gasteiger partial charge in [-0.3, -0.25) is 9.69 Å². The monoisotopic (exact) mass is 396 g/mol. The number of ether oxygens (including phenoxy) is 2. The molecule has 0 bridgehead atoms. The van der Waals surface area contributed by atoms with Gasteiger partial charge in [-0.05, 0) is 56.5 Å². The first-order valence-corrected chi connectivity index (χ1v) is 10.4. The molecule has 2 aromatic carbocycles. The molecule has 2 atom stereocenters. The van der Waals surface area contributed by atoms with E-state index >= 15 is 0 Å². The number of para-hydroxylation sites is 1. The van der Waals surface area contributed by atoms with Gasteiger partial charge in [-0.25, -0.2) is 4.98 Å². The second-order valence-corrected chi connectivity index (χ2v) is 8.13. The average Bonchev–Trinajstić information content (AvgIpc) is 3.34. The zero-order valence-corrected chi connectivity index (χ0v) is 16.9. The number of nitrogens with zero attached hydrogens (tertiary/aromatic N) is 2. The number of rotatable bonds is 6. The van der Waals surface area contributed by atoms with E-state index in [1.54, 1.807) is 11.8 Å². The van der Waals surface area contributed by atoms with Crippen LogP contribution < -0.4 is 9.64 Å². The Kier molecular flexibility index (Phi) is 5.59. The minimum Gasteiger partial charge on any atom is -0.481 e. The number of hydrogen-bond acceptors (Lipinski definition) is 5. The Labute approximate surface area is 168 Å². The lowest BCUT2D eigenvalue weighted by Crippen LogP contribution is -2.44. The Bertz CT molecular complexity index is 932. The maximum Gasteiger partial charge on any atom is 0.269 e. The van der Waals surface area contributed by atoms with Crippen molar-refractivity contribution in [1.29, 1.82) is 0 Å². The van der Waals surface area contributed by atoms with Crippen LogP contribution in [0.3, 0.4) is 0 Å². The maximum absolute atomic E-state index is 13.3. The van der Waals surface area contributed by atoms with Crippen LogP contribution in [0.1, 0.15) is 25.3 Å². The van der Waals surface area contributed by atoms with Crippen LogP contribution in [0.2, 0.25) is 0 Å². The third-order valence-corrected chi connectivity index (χ3v) is 5.90. The molecule has 5 nitrogen and oxygen atoms in total. The molecule has 1 aliphatic heterocycles. The van der Waals surface area contributed by atoms with Crippen molar-refractivity contribution in [3.05, 3.63) is 54.1 Å². The molecule has 0 aliphatic carbocycles. The quantitative estimate of drug-likeness (QED) is 0.612. The fourth-order valence-electron chi connectivity index (χ4n) is 3.39. The summed E-state index contributed by atoms with van der Waals surface area (Å²) < 4.78 is 12.8. The second kappa shape index (κ2) is 8.29. The van der Waals surface area contributed by atoms with E-state index in [4.69, 9.17) is 14.5 Å². The molecule has 28 heavy (non-hydrogen) atoms. The van der Waals surface area contributed by atoms with E-state index in [0.29, 0.717) is 17.4 Å². The molecule has 0 saturated carbocycles. The average molecular weight is 397 g/mol. The third kappa shape index (κ3) is 4.18. The molecule has 0 spiro atoms. The van der Waals surface area contributed by atoms with Crippen molar-refractivity contribution in [1.82, 2.24) is 4.98 Å². The fraction of sp³-hybridized carbons (Fsp3) is 0.364. The topological polar surface area (TPSA) is 51.7 Å². The smallest absolute Gasteiger partial charge is 0.269 e. The summed E-state index contributed by atoms with van der Waals surface area (Å²) in [5.74, 6) is 0.596. The van der Waals surface area contributed by atoms with Crippen LogP contribution in [-0.4, -0.2) is 36.3 Å². The Morgan fingerprint density at radius 2 is 2.18 bits per heavy atom. The highest BCUT2D eigenvalue weighted by molar-refractivity contribution is 7.22. The number of aryl methyl sites for hydroxylation is 1. The van der Waals surface area contributed by atoms with E-state index in [1.165, 1.54) is 11.3 Å². The number of hydrogen-bond donors (Lipinski definition) is 0. The summed E-state index contributed by atoms with van der Waals surface area (Å²) in [6, 6.07) is 15.7. The van der Waals surface area contributed by atoms with Gasteiger partial charge in [0, 0.05) is 6.61 Å². The SMILES string of the molecule is Cc1cccc(O[C@H](C)C(=O)N(C[C@@H]2CCCO2)c2nc3ccccc3s2)c1. The fourth-order valence-corrected chi connectivity index (χ4v) is 4.37. The lowest BCUT2D eigenvalue weighted by molar-refractivity contribution is -0.125. The summed E-state index contributed by atoms with van der Waals surface area (Å²) in [5.41, 5.74) is 2.00. The van der Waals surface area contributed by atoms with Crippen molar-refractivity contribution in [3.8, 4) is 5.75 Å². The molecule has 6 heteroatoms. The largest absolute Gasteiger partial charge is 0.481 e. The molecule has 4 rings (SSSR count). The number of thiazole rings is 1. The Hall–Kier alpha value is -2.44. The van der Waals surface area contributed by atoms with Crippen molar-refractivity contribution < 1.29 is 14.3 Å². The van der Waals surface area contributed by atoms with Gasteiger partial charge in [0.25, 0.3) is 5.91 Å². The van der Waals surface area contributed by atoms with E-state index in [2.05, 4.69) is 0 Å². The molecule has 146 valence electrons. The summed E-state index contributed by atoms with van der Waals surface area (Å²) in [6.07, 6.45) is 1.42. The van der Waals surface area contributed by atoms with Crippen LogP contribution in [0.25, 0.3) is 10.2 Å².